The van der Waals surface area contributed by atoms with E-state index < -0.39 is 9.84 Å². The van der Waals surface area contributed by atoms with Gasteiger partial charge in [-0.2, -0.15) is 0 Å². The van der Waals surface area contributed by atoms with Gasteiger partial charge in [0.1, 0.15) is 0 Å². The lowest BCUT2D eigenvalue weighted by atomic mass is 9.76. The quantitative estimate of drug-likeness (QED) is 0.816. The Labute approximate surface area is 140 Å². The predicted octanol–water partition coefficient (Wildman–Crippen LogP) is 1.18. The largest absolute Gasteiger partial charge is 0.336 e. The van der Waals surface area contributed by atoms with E-state index in [2.05, 4.69) is 31.1 Å². The van der Waals surface area contributed by atoms with Crippen LogP contribution in [0.15, 0.2) is 0 Å². The van der Waals surface area contributed by atoms with Crippen LogP contribution in [0.5, 0.6) is 0 Å². The van der Waals surface area contributed by atoms with E-state index in [0.29, 0.717) is 25.7 Å². The van der Waals surface area contributed by atoms with Crippen LogP contribution in [0.25, 0.3) is 0 Å². The van der Waals surface area contributed by atoms with Crippen molar-refractivity contribution in [2.45, 2.75) is 39.7 Å². The zero-order valence-corrected chi connectivity index (χ0v) is 15.7. The molecule has 0 aliphatic carbocycles. The highest BCUT2D eigenvalue weighted by Crippen LogP contribution is 2.33. The molecule has 7 heteroatoms. The predicted molar refractivity (Wildman–Crippen MR) is 92.2 cm³/mol. The van der Waals surface area contributed by atoms with E-state index in [0.717, 1.165) is 13.0 Å². The summed E-state index contributed by atoms with van der Waals surface area (Å²) in [5.74, 6) is 0.233. The summed E-state index contributed by atoms with van der Waals surface area (Å²) >= 11 is 0. The zero-order chi connectivity index (χ0) is 17.3. The number of likely N-dealkylation sites (N-methyl/N-ethyl adjacent to an activating group) is 1. The zero-order valence-electron chi connectivity index (χ0n) is 14.8. The highest BCUT2D eigenvalue weighted by atomic mass is 32.2. The van der Waals surface area contributed by atoms with Gasteiger partial charge in [0.05, 0.1) is 11.5 Å². The molecule has 0 aromatic heterocycles. The number of rotatable bonds is 2. The van der Waals surface area contributed by atoms with Crippen molar-refractivity contribution >= 4 is 15.9 Å². The smallest absolute Gasteiger partial charge is 0.317 e. The van der Waals surface area contributed by atoms with Crippen molar-refractivity contribution in [3.8, 4) is 0 Å². The molecule has 0 spiro atoms. The molecule has 0 bridgehead atoms. The van der Waals surface area contributed by atoms with Crippen molar-refractivity contribution < 1.29 is 13.2 Å². The van der Waals surface area contributed by atoms with E-state index in [-0.39, 0.29) is 28.9 Å². The molecule has 0 unspecified atom stereocenters. The number of amides is 2. The van der Waals surface area contributed by atoms with Crippen molar-refractivity contribution in [3.63, 3.8) is 0 Å². The van der Waals surface area contributed by atoms with Crippen molar-refractivity contribution in [1.82, 2.24) is 15.1 Å². The SMILES string of the molecule is C[C@@H]1CN(C(=O)NC[C@@H]2N(C)CCCC2(C)C)CCS(=O)(=O)C1. The van der Waals surface area contributed by atoms with Gasteiger partial charge in [-0.05, 0) is 37.8 Å². The lowest BCUT2D eigenvalue weighted by Gasteiger charge is -2.45. The highest BCUT2D eigenvalue weighted by molar-refractivity contribution is 7.91. The minimum absolute atomic E-state index is 0.0120. The Balaban J connectivity index is 1.93. The number of hydrogen-bond acceptors (Lipinski definition) is 4. The Morgan fingerprint density at radius 2 is 2.00 bits per heavy atom. The maximum absolute atomic E-state index is 12.5. The summed E-state index contributed by atoms with van der Waals surface area (Å²) in [5, 5.41) is 3.03. The molecule has 2 heterocycles. The van der Waals surface area contributed by atoms with Crippen molar-refractivity contribution in [2.24, 2.45) is 11.3 Å². The van der Waals surface area contributed by atoms with Gasteiger partial charge in [-0.15, -0.1) is 0 Å². The van der Waals surface area contributed by atoms with Crippen LogP contribution in [0, 0.1) is 11.3 Å². The number of nitrogens with one attached hydrogen (secondary N) is 1. The van der Waals surface area contributed by atoms with Crippen LogP contribution < -0.4 is 5.32 Å². The molecule has 2 atom stereocenters. The molecular weight excluding hydrogens is 314 g/mol. The fourth-order valence-electron chi connectivity index (χ4n) is 3.90. The topological polar surface area (TPSA) is 69.7 Å². The number of hydrogen-bond donors (Lipinski definition) is 1. The summed E-state index contributed by atoms with van der Waals surface area (Å²) in [6, 6.07) is 0.178. The summed E-state index contributed by atoms with van der Waals surface area (Å²) in [6.07, 6.45) is 2.35. The Kier molecular flexibility index (Phi) is 5.61. The van der Waals surface area contributed by atoms with Crippen LogP contribution in [0.1, 0.15) is 33.6 Å². The molecule has 0 saturated carbocycles. The maximum atomic E-state index is 12.5. The summed E-state index contributed by atoms with van der Waals surface area (Å²) in [5.41, 5.74) is 0.176. The van der Waals surface area contributed by atoms with Gasteiger partial charge in [-0.3, -0.25) is 0 Å². The van der Waals surface area contributed by atoms with Crippen LogP contribution in [-0.2, 0) is 9.84 Å². The van der Waals surface area contributed by atoms with Crippen molar-refractivity contribution in [3.05, 3.63) is 0 Å². The summed E-state index contributed by atoms with van der Waals surface area (Å²) < 4.78 is 23.6. The lowest BCUT2D eigenvalue weighted by Crippen LogP contribution is -2.55. The third-order valence-corrected chi connectivity index (χ3v) is 7.12. The van der Waals surface area contributed by atoms with Gasteiger partial charge in [0, 0.05) is 25.7 Å². The fraction of sp³-hybridized carbons (Fsp3) is 0.938. The lowest BCUT2D eigenvalue weighted by molar-refractivity contribution is 0.0587. The molecule has 134 valence electrons. The molecule has 2 rings (SSSR count). The van der Waals surface area contributed by atoms with Gasteiger partial charge in [0.2, 0.25) is 0 Å². The van der Waals surface area contributed by atoms with Gasteiger partial charge >= 0.3 is 6.03 Å². The monoisotopic (exact) mass is 345 g/mol. The summed E-state index contributed by atoms with van der Waals surface area (Å²) in [7, 11) is -0.918. The molecular formula is C16H31N3O3S. The molecule has 2 aliphatic rings. The average molecular weight is 346 g/mol. The Hall–Kier alpha value is -0.820. The van der Waals surface area contributed by atoms with E-state index in [1.165, 1.54) is 6.42 Å². The van der Waals surface area contributed by atoms with Crippen LogP contribution in [0.3, 0.4) is 0 Å². The molecule has 2 aliphatic heterocycles. The third-order valence-electron chi connectivity index (χ3n) is 5.24. The van der Waals surface area contributed by atoms with E-state index in [1.54, 1.807) is 4.90 Å². The number of piperidine rings is 1. The molecule has 2 amide bonds. The average Bonchev–Trinajstić information content (AvgIpc) is 2.54. The van der Waals surface area contributed by atoms with Crippen molar-refractivity contribution in [2.75, 3.05) is 44.7 Å². The third kappa shape index (κ3) is 4.83. The molecule has 1 N–H and O–H groups in total. The molecule has 0 aromatic rings. The van der Waals surface area contributed by atoms with Crippen LogP contribution in [0.2, 0.25) is 0 Å². The van der Waals surface area contributed by atoms with Gasteiger partial charge in [0.25, 0.3) is 0 Å². The van der Waals surface area contributed by atoms with E-state index >= 15 is 0 Å². The second kappa shape index (κ2) is 6.97. The minimum Gasteiger partial charge on any atom is -0.336 e. The molecule has 6 nitrogen and oxygen atoms in total. The van der Waals surface area contributed by atoms with Crippen molar-refractivity contribution in [1.29, 1.82) is 0 Å². The maximum Gasteiger partial charge on any atom is 0.317 e. The van der Waals surface area contributed by atoms with Crippen LogP contribution in [0.4, 0.5) is 4.79 Å². The Bertz CT molecular complexity index is 533. The first-order valence-electron chi connectivity index (χ1n) is 8.54. The number of carbonyl (C=O) groups excluding carboxylic acids is 1. The van der Waals surface area contributed by atoms with Crippen LogP contribution >= 0.6 is 0 Å². The molecule has 0 radical (unpaired) electrons. The Morgan fingerprint density at radius 3 is 2.65 bits per heavy atom. The number of nitrogens with zero attached hydrogens (tertiary/aromatic N) is 2. The molecule has 0 aromatic carbocycles. The minimum atomic E-state index is -3.03. The fourth-order valence-corrected chi connectivity index (χ4v) is 5.54. The highest BCUT2D eigenvalue weighted by Gasteiger charge is 2.36. The summed E-state index contributed by atoms with van der Waals surface area (Å²) in [6.45, 7) is 8.86. The standard InChI is InChI=1S/C16H31N3O3S/c1-13-11-19(8-9-23(21,22)12-13)15(20)17-10-14-16(2,3)6-5-7-18(14)4/h13-14H,5-12H2,1-4H3,(H,17,20)/t13-,14+/m1/s1. The number of carbonyl (C=O) groups is 1. The first-order valence-corrected chi connectivity index (χ1v) is 10.4. The number of sulfone groups is 1. The van der Waals surface area contributed by atoms with Crippen LogP contribution in [-0.4, -0.2) is 75.0 Å². The number of urea groups is 1. The first-order chi connectivity index (χ1) is 10.6. The van der Waals surface area contributed by atoms with Gasteiger partial charge < -0.3 is 15.1 Å². The second-order valence-corrected chi connectivity index (χ2v) is 10.2. The summed E-state index contributed by atoms with van der Waals surface area (Å²) in [4.78, 5) is 16.4. The molecule has 2 fully saturated rings. The molecule has 23 heavy (non-hydrogen) atoms. The van der Waals surface area contributed by atoms with Gasteiger partial charge in [-0.1, -0.05) is 20.8 Å². The normalized spacial score (nSPS) is 31.4. The van der Waals surface area contributed by atoms with E-state index in [1.807, 2.05) is 6.92 Å². The van der Waals surface area contributed by atoms with E-state index in [4.69, 9.17) is 0 Å². The Morgan fingerprint density at radius 1 is 1.30 bits per heavy atom. The van der Waals surface area contributed by atoms with E-state index in [9.17, 15) is 13.2 Å². The van der Waals surface area contributed by atoms with Gasteiger partial charge in [-0.25, -0.2) is 13.2 Å². The number of likely N-dealkylation sites (tertiary alicyclic amines) is 1. The second-order valence-electron chi connectivity index (χ2n) is 7.94. The first kappa shape index (κ1) is 18.5. The molecule has 2 saturated heterocycles. The van der Waals surface area contributed by atoms with Gasteiger partial charge in [0.15, 0.2) is 9.84 Å².